The molecular weight excluding hydrogens is 677 g/mol. The normalized spacial score (nSPS) is 14.9. The van der Waals surface area contributed by atoms with Crippen LogP contribution in [0.4, 0.5) is 0 Å². The van der Waals surface area contributed by atoms with E-state index in [2.05, 4.69) is 222 Å². The third kappa shape index (κ3) is 9.25. The van der Waals surface area contributed by atoms with Gasteiger partial charge in [-0.15, -0.1) is 0 Å². The second-order valence-corrected chi connectivity index (χ2v) is 26.8. The fraction of sp³-hybridized carbons (Fsp3) is 0.481. The molecule has 0 heterocycles. The van der Waals surface area contributed by atoms with Gasteiger partial charge in [-0.25, -0.2) is 0 Å². The molecule has 1 heteroatoms. The Bertz CT molecular complexity index is 1800. The van der Waals surface area contributed by atoms with E-state index < -0.39 is 8.07 Å². The van der Waals surface area contributed by atoms with E-state index in [4.69, 9.17) is 0 Å². The summed E-state index contributed by atoms with van der Waals surface area (Å²) < 4.78 is 0. The monoisotopic (exact) mass is 751 g/mol. The van der Waals surface area contributed by atoms with Crippen LogP contribution in [-0.4, -0.2) is 8.07 Å². The molecule has 0 aromatic heterocycles. The summed E-state index contributed by atoms with van der Waals surface area (Å²) in [5.41, 5.74) is 11.3. The van der Waals surface area contributed by atoms with Crippen LogP contribution < -0.4 is 15.6 Å². The molecule has 0 N–H and O–H groups in total. The van der Waals surface area contributed by atoms with Crippen LogP contribution in [-0.2, 0) is 38.9 Å². The Morgan fingerprint density at radius 3 is 0.964 bits per heavy atom. The molecule has 0 radical (unpaired) electrons. The molecule has 0 saturated heterocycles. The molecule has 0 nitrogen and oxygen atoms in total. The van der Waals surface area contributed by atoms with Crippen LogP contribution in [0.1, 0.15) is 170 Å². The molecule has 0 spiro atoms. The minimum Gasteiger partial charge on any atom is -0.0773 e. The van der Waals surface area contributed by atoms with E-state index in [0.29, 0.717) is 0 Å². The quantitative estimate of drug-likeness (QED) is 0.136. The van der Waals surface area contributed by atoms with E-state index >= 15 is 0 Å². The summed E-state index contributed by atoms with van der Waals surface area (Å²) in [4.78, 5) is 0. The first-order valence-electron chi connectivity index (χ1n) is 20.9. The Balaban J connectivity index is 2.09. The molecule has 0 aliphatic heterocycles. The average molecular weight is 751 g/mol. The molecule has 4 aromatic carbocycles. The molecule has 294 valence electrons. The van der Waals surface area contributed by atoms with E-state index in [-0.39, 0.29) is 32.5 Å². The summed E-state index contributed by atoms with van der Waals surface area (Å²) in [6.07, 6.45) is 7.13. The number of hydrogen-bond donors (Lipinski definition) is 0. The van der Waals surface area contributed by atoms with Gasteiger partial charge in [-0.05, 0) is 105 Å². The lowest BCUT2D eigenvalue weighted by atomic mass is 9.80. The zero-order chi connectivity index (χ0) is 41.2. The minimum absolute atomic E-state index is 0.00934. The number of rotatable bonds is 6. The van der Waals surface area contributed by atoms with Crippen molar-refractivity contribution < 1.29 is 0 Å². The van der Waals surface area contributed by atoms with Crippen LogP contribution >= 0.6 is 0 Å². The van der Waals surface area contributed by atoms with Crippen LogP contribution in [0, 0.1) is 0 Å². The van der Waals surface area contributed by atoms with Gasteiger partial charge < -0.3 is 0 Å². The Morgan fingerprint density at radius 1 is 0.400 bits per heavy atom. The molecule has 55 heavy (non-hydrogen) atoms. The molecule has 5 rings (SSSR count). The van der Waals surface area contributed by atoms with Crippen molar-refractivity contribution in [2.24, 2.45) is 0 Å². The van der Waals surface area contributed by atoms with Crippen LogP contribution in [0.15, 0.2) is 108 Å². The highest BCUT2D eigenvalue weighted by Crippen LogP contribution is 2.37. The number of allylic oxidation sites excluding steroid dienone is 4. The molecule has 1 aliphatic carbocycles. The van der Waals surface area contributed by atoms with Crippen molar-refractivity contribution in [2.45, 2.75) is 170 Å². The van der Waals surface area contributed by atoms with Gasteiger partial charge in [0.1, 0.15) is 0 Å². The standard InChI is InChI=1S/C54H74Si/c1-49(2,3)39-28-40(50(4,5)6)32-46(31-39)55(45-25-24-38(27-45)26-37-22-20-19-21-23-37,47-33-41(51(7,8)9)29-42(34-47)52(10,11)12)48-35-43(53(13,14)15)30-44(36-48)54(16,17)18/h19-24,27-36H,25-26H2,1-18H3. The van der Waals surface area contributed by atoms with Crippen LogP contribution in [0.2, 0.25) is 0 Å². The molecule has 0 unspecified atom stereocenters. The lowest BCUT2D eigenvalue weighted by molar-refractivity contribution is 0.569. The van der Waals surface area contributed by atoms with Crippen molar-refractivity contribution in [2.75, 3.05) is 0 Å². The highest BCUT2D eigenvalue weighted by Gasteiger charge is 2.46. The second kappa shape index (κ2) is 14.5. The van der Waals surface area contributed by atoms with E-state index in [1.807, 2.05) is 0 Å². The molecule has 4 aromatic rings. The summed E-state index contributed by atoms with van der Waals surface area (Å²) >= 11 is 0. The summed E-state index contributed by atoms with van der Waals surface area (Å²) in [6.45, 7) is 43.1. The Labute approximate surface area is 339 Å². The van der Waals surface area contributed by atoms with Gasteiger partial charge in [0.05, 0.1) is 0 Å². The summed E-state index contributed by atoms with van der Waals surface area (Å²) in [7, 11) is -3.00. The third-order valence-electron chi connectivity index (χ3n) is 12.0. The van der Waals surface area contributed by atoms with E-state index in [1.165, 1.54) is 60.1 Å². The molecule has 0 saturated carbocycles. The lowest BCUT2D eigenvalue weighted by Gasteiger charge is -2.40. The first-order chi connectivity index (χ1) is 25.0. The largest absolute Gasteiger partial charge is 0.176 e. The van der Waals surface area contributed by atoms with Crippen molar-refractivity contribution in [3.63, 3.8) is 0 Å². The minimum atomic E-state index is -3.00. The van der Waals surface area contributed by atoms with Crippen molar-refractivity contribution >= 4 is 23.6 Å². The van der Waals surface area contributed by atoms with E-state index in [9.17, 15) is 0 Å². The van der Waals surface area contributed by atoms with Crippen molar-refractivity contribution in [3.05, 3.63) is 147 Å². The topological polar surface area (TPSA) is 0 Å². The van der Waals surface area contributed by atoms with Gasteiger partial charge in [0.25, 0.3) is 0 Å². The van der Waals surface area contributed by atoms with Gasteiger partial charge in [-0.1, -0.05) is 227 Å². The zero-order valence-corrected chi connectivity index (χ0v) is 39.2. The predicted molar refractivity (Wildman–Crippen MR) is 247 cm³/mol. The fourth-order valence-electron chi connectivity index (χ4n) is 7.99. The Hall–Kier alpha value is -3.42. The molecule has 0 atom stereocenters. The molecule has 1 aliphatic rings. The van der Waals surface area contributed by atoms with E-state index in [0.717, 1.165) is 12.8 Å². The number of benzene rings is 4. The second-order valence-electron chi connectivity index (χ2n) is 23.0. The van der Waals surface area contributed by atoms with Gasteiger partial charge >= 0.3 is 0 Å². The maximum absolute atomic E-state index is 3.00. The number of hydrogen-bond acceptors (Lipinski definition) is 0. The maximum atomic E-state index is 2.65. The SMILES string of the molecule is CC(C)(C)c1cc(C(C)(C)C)cc([Si](C2=CC(Cc3ccccc3)=CC2)(c2cc(C(C)(C)C)cc(C(C)(C)C)c2)c2cc(C(C)(C)C)cc(C(C)(C)C)c2)c1. The van der Waals surface area contributed by atoms with Crippen molar-refractivity contribution in [1.82, 2.24) is 0 Å². The Kier molecular flexibility index (Phi) is 11.3. The Morgan fingerprint density at radius 2 is 0.691 bits per heavy atom. The summed E-state index contributed by atoms with van der Waals surface area (Å²) in [5, 5.41) is 6.15. The van der Waals surface area contributed by atoms with Crippen LogP contribution in [0.25, 0.3) is 0 Å². The van der Waals surface area contributed by atoms with Gasteiger partial charge in [-0.3, -0.25) is 0 Å². The van der Waals surface area contributed by atoms with E-state index in [1.54, 1.807) is 5.20 Å². The molecule has 0 fully saturated rings. The van der Waals surface area contributed by atoms with Crippen LogP contribution in [0.5, 0.6) is 0 Å². The fourth-order valence-corrected chi connectivity index (χ4v) is 13.1. The summed E-state index contributed by atoms with van der Waals surface area (Å²) in [6, 6.07) is 34.5. The highest BCUT2D eigenvalue weighted by atomic mass is 28.3. The first-order valence-corrected chi connectivity index (χ1v) is 22.9. The highest BCUT2D eigenvalue weighted by molar-refractivity contribution is 7.16. The van der Waals surface area contributed by atoms with Gasteiger partial charge in [0.2, 0.25) is 0 Å². The van der Waals surface area contributed by atoms with Crippen LogP contribution in [0.3, 0.4) is 0 Å². The predicted octanol–water partition coefficient (Wildman–Crippen LogP) is 13.0. The van der Waals surface area contributed by atoms with Crippen molar-refractivity contribution in [3.8, 4) is 0 Å². The maximum Gasteiger partial charge on any atom is 0.176 e. The first kappa shape index (κ1) is 42.7. The van der Waals surface area contributed by atoms with Crippen molar-refractivity contribution in [1.29, 1.82) is 0 Å². The third-order valence-corrected chi connectivity index (χ3v) is 16.7. The van der Waals surface area contributed by atoms with Gasteiger partial charge in [-0.2, -0.15) is 0 Å². The van der Waals surface area contributed by atoms with Gasteiger partial charge in [0, 0.05) is 0 Å². The molecule has 0 amide bonds. The average Bonchev–Trinajstić information content (AvgIpc) is 3.51. The smallest absolute Gasteiger partial charge is 0.0773 e. The molecule has 0 bridgehead atoms. The summed E-state index contributed by atoms with van der Waals surface area (Å²) in [5.74, 6) is 0. The zero-order valence-electron chi connectivity index (χ0n) is 38.2. The van der Waals surface area contributed by atoms with Gasteiger partial charge in [0.15, 0.2) is 8.07 Å². The molecular formula is C54H74Si. The lowest BCUT2D eigenvalue weighted by Crippen LogP contribution is -2.69.